The van der Waals surface area contributed by atoms with Gasteiger partial charge in [0.2, 0.25) is 0 Å². The van der Waals surface area contributed by atoms with Crippen molar-refractivity contribution in [3.63, 3.8) is 0 Å². The molecule has 0 aromatic carbocycles. The number of ether oxygens (including phenoxy) is 2. The van der Waals surface area contributed by atoms with Gasteiger partial charge in [-0.25, -0.2) is 4.79 Å². The molecule has 0 aromatic heterocycles. The van der Waals surface area contributed by atoms with Crippen molar-refractivity contribution in [2.45, 2.75) is 252 Å². The molecule has 1 fully saturated rings. The molecule has 1 amide bonds. The van der Waals surface area contributed by atoms with Crippen LogP contribution in [-0.4, -0.2) is 92.3 Å². The van der Waals surface area contributed by atoms with Gasteiger partial charge in [0.1, 0.15) is 0 Å². The smallest absolute Gasteiger partial charge is 0.409 e. The van der Waals surface area contributed by atoms with Crippen LogP contribution in [0.4, 0.5) is 4.79 Å². The van der Waals surface area contributed by atoms with Gasteiger partial charge in [0.15, 0.2) is 0 Å². The Morgan fingerprint density at radius 2 is 0.831 bits per heavy atom. The molecule has 0 radical (unpaired) electrons. The van der Waals surface area contributed by atoms with Crippen molar-refractivity contribution >= 4 is 12.1 Å². The van der Waals surface area contributed by atoms with Gasteiger partial charge in [-0.15, -0.1) is 0 Å². The van der Waals surface area contributed by atoms with E-state index in [1.54, 1.807) is 0 Å². The van der Waals surface area contributed by atoms with Gasteiger partial charge in [-0.05, 0) is 110 Å². The van der Waals surface area contributed by atoms with E-state index in [4.69, 9.17) is 9.47 Å². The fourth-order valence-electron chi connectivity index (χ4n) is 8.81. The molecule has 1 heterocycles. The number of carbonyl (C=O) groups excluding carboxylic acids is 2. The lowest BCUT2D eigenvalue weighted by Gasteiger charge is -2.25. The van der Waals surface area contributed by atoms with Crippen molar-refractivity contribution in [2.24, 2.45) is 5.92 Å². The van der Waals surface area contributed by atoms with Crippen molar-refractivity contribution in [3.05, 3.63) is 0 Å². The summed E-state index contributed by atoms with van der Waals surface area (Å²) >= 11 is 0. The molecule has 1 atom stereocenters. The molecule has 1 unspecified atom stereocenters. The first-order chi connectivity index (χ1) is 29.0. The third kappa shape index (κ3) is 34.9. The van der Waals surface area contributed by atoms with Crippen LogP contribution in [0.1, 0.15) is 252 Å². The Balaban J connectivity index is 2.43. The monoisotopic (exact) mass is 834 g/mol. The third-order valence-electron chi connectivity index (χ3n) is 12.8. The number of nitrogens with zero attached hydrogens (tertiary/aromatic N) is 3. The van der Waals surface area contributed by atoms with Gasteiger partial charge in [0.25, 0.3) is 0 Å². The summed E-state index contributed by atoms with van der Waals surface area (Å²) in [6, 6.07) is 0. The molecule has 0 N–H and O–H groups in total. The lowest BCUT2D eigenvalue weighted by atomic mass is 9.94. The molecule has 350 valence electrons. The molecule has 7 heteroatoms. The van der Waals surface area contributed by atoms with Gasteiger partial charge in [-0.3, -0.25) is 4.79 Å². The zero-order valence-corrected chi connectivity index (χ0v) is 40.4. The zero-order valence-electron chi connectivity index (χ0n) is 40.4. The van der Waals surface area contributed by atoms with Gasteiger partial charge < -0.3 is 24.2 Å². The summed E-state index contributed by atoms with van der Waals surface area (Å²) in [7, 11) is 0. The average molecular weight is 834 g/mol. The summed E-state index contributed by atoms with van der Waals surface area (Å²) in [6.45, 7) is 19.2. The molecule has 1 rings (SSSR count). The molecule has 0 spiro atoms. The van der Waals surface area contributed by atoms with Crippen molar-refractivity contribution in [1.82, 2.24) is 14.7 Å². The standard InChI is InChI=1S/C52H103N3O4/c1-5-9-13-17-19-28-39-50(38-27-15-11-7-3)51(56)58-48-35-25-23-31-42-54(45-37-44-53-40-29-21-22-30-41-53)43-32-24-26-36-49-59-52(57)55(46-33-16-12-8-4)47-34-20-18-14-10-6-2/h50H,5-49H2,1-4H3. The number of amides is 1. The number of likely N-dealkylation sites (tertiary alicyclic amines) is 1. The van der Waals surface area contributed by atoms with Crippen LogP contribution in [0.5, 0.6) is 0 Å². The Labute approximate surface area is 368 Å². The fourth-order valence-corrected chi connectivity index (χ4v) is 8.81. The van der Waals surface area contributed by atoms with E-state index in [-0.39, 0.29) is 18.0 Å². The summed E-state index contributed by atoms with van der Waals surface area (Å²) in [5.41, 5.74) is 0. The number of hydrogen-bond donors (Lipinski definition) is 0. The van der Waals surface area contributed by atoms with Crippen molar-refractivity contribution in [2.75, 3.05) is 65.6 Å². The van der Waals surface area contributed by atoms with E-state index >= 15 is 0 Å². The minimum Gasteiger partial charge on any atom is -0.465 e. The average Bonchev–Trinajstić information content (AvgIpc) is 3.52. The number of hydrogen-bond acceptors (Lipinski definition) is 6. The summed E-state index contributed by atoms with van der Waals surface area (Å²) in [5.74, 6) is 0.179. The first-order valence-electron chi connectivity index (χ1n) is 26.6. The SMILES string of the molecule is CCCCCCCCC(CCCCCC)C(=O)OCCCCCCN(CCCCCCOC(=O)N(CCCCCC)CCCCCCCC)CCCN1CCCCCC1. The van der Waals surface area contributed by atoms with E-state index in [9.17, 15) is 9.59 Å². The van der Waals surface area contributed by atoms with Gasteiger partial charge >= 0.3 is 12.1 Å². The van der Waals surface area contributed by atoms with E-state index < -0.39 is 0 Å². The van der Waals surface area contributed by atoms with Gasteiger partial charge in [0.05, 0.1) is 19.1 Å². The maximum absolute atomic E-state index is 13.1. The van der Waals surface area contributed by atoms with Crippen LogP contribution in [-0.2, 0) is 14.3 Å². The molecule has 0 aliphatic carbocycles. The molecular formula is C52H103N3O4. The Hall–Kier alpha value is -1.34. The quantitative estimate of drug-likeness (QED) is 0.0450. The van der Waals surface area contributed by atoms with E-state index in [2.05, 4.69) is 37.5 Å². The van der Waals surface area contributed by atoms with Gasteiger partial charge in [0, 0.05) is 13.1 Å². The second kappa shape index (κ2) is 43.3. The van der Waals surface area contributed by atoms with E-state index in [1.807, 2.05) is 4.90 Å². The predicted octanol–water partition coefficient (Wildman–Crippen LogP) is 14.9. The fraction of sp³-hybridized carbons (Fsp3) is 0.962. The highest BCUT2D eigenvalue weighted by molar-refractivity contribution is 5.72. The summed E-state index contributed by atoms with van der Waals surface area (Å²) in [5, 5.41) is 0. The largest absolute Gasteiger partial charge is 0.465 e. The van der Waals surface area contributed by atoms with Crippen LogP contribution >= 0.6 is 0 Å². The van der Waals surface area contributed by atoms with Gasteiger partial charge in [-0.1, -0.05) is 182 Å². The van der Waals surface area contributed by atoms with Crippen LogP contribution < -0.4 is 0 Å². The second-order valence-electron chi connectivity index (χ2n) is 18.5. The number of carbonyl (C=O) groups is 2. The maximum atomic E-state index is 13.1. The molecule has 1 saturated heterocycles. The molecular weight excluding hydrogens is 731 g/mol. The second-order valence-corrected chi connectivity index (χ2v) is 18.5. The first-order valence-corrected chi connectivity index (χ1v) is 26.6. The highest BCUT2D eigenvalue weighted by Gasteiger charge is 2.19. The third-order valence-corrected chi connectivity index (χ3v) is 12.8. The van der Waals surface area contributed by atoms with Crippen LogP contribution in [0.15, 0.2) is 0 Å². The molecule has 7 nitrogen and oxygen atoms in total. The first kappa shape index (κ1) is 55.7. The van der Waals surface area contributed by atoms with E-state index in [0.717, 1.165) is 70.9 Å². The van der Waals surface area contributed by atoms with Crippen LogP contribution in [0.2, 0.25) is 0 Å². The lowest BCUT2D eigenvalue weighted by molar-refractivity contribution is -0.149. The Kier molecular flexibility index (Phi) is 40.9. The van der Waals surface area contributed by atoms with Crippen molar-refractivity contribution in [1.29, 1.82) is 0 Å². The molecule has 0 saturated carbocycles. The normalized spacial score (nSPS) is 14.1. The minimum atomic E-state index is -0.0886. The van der Waals surface area contributed by atoms with Gasteiger partial charge in [-0.2, -0.15) is 0 Å². The molecule has 1 aliphatic rings. The number of esters is 1. The summed E-state index contributed by atoms with van der Waals surface area (Å²) in [4.78, 5) is 33.5. The topological polar surface area (TPSA) is 62.3 Å². The van der Waals surface area contributed by atoms with E-state index in [0.29, 0.717) is 13.2 Å². The Bertz CT molecular complexity index is 837. The lowest BCUT2D eigenvalue weighted by Crippen LogP contribution is -2.33. The Morgan fingerprint density at radius 3 is 1.36 bits per heavy atom. The van der Waals surface area contributed by atoms with Crippen LogP contribution in [0.3, 0.4) is 0 Å². The minimum absolute atomic E-state index is 0.0760. The molecule has 59 heavy (non-hydrogen) atoms. The number of unbranched alkanes of at least 4 members (excludes halogenated alkanes) is 22. The molecule has 0 aromatic rings. The zero-order chi connectivity index (χ0) is 42.7. The van der Waals surface area contributed by atoms with Crippen molar-refractivity contribution in [3.8, 4) is 0 Å². The summed E-state index contributed by atoms with van der Waals surface area (Å²) in [6.07, 6.45) is 42.6. The highest BCUT2D eigenvalue weighted by Crippen LogP contribution is 2.21. The van der Waals surface area contributed by atoms with Crippen molar-refractivity contribution < 1.29 is 19.1 Å². The maximum Gasteiger partial charge on any atom is 0.409 e. The molecule has 1 aliphatic heterocycles. The van der Waals surface area contributed by atoms with E-state index in [1.165, 1.54) is 206 Å². The summed E-state index contributed by atoms with van der Waals surface area (Å²) < 4.78 is 11.7. The van der Waals surface area contributed by atoms with Crippen LogP contribution in [0, 0.1) is 5.92 Å². The predicted molar refractivity (Wildman–Crippen MR) is 255 cm³/mol. The Morgan fingerprint density at radius 1 is 0.441 bits per heavy atom. The molecule has 0 bridgehead atoms. The van der Waals surface area contributed by atoms with Crippen LogP contribution in [0.25, 0.3) is 0 Å². The number of rotatable bonds is 43. The highest BCUT2D eigenvalue weighted by atomic mass is 16.6.